The molecule has 8 nitrogen and oxygen atoms in total. The standard InChI is InChI=1S/C10H15N3O5/c1-10(2)17-7(8(5-14)18-10)4-6(12-13-11)9(15)16-3/h5-8H,4H2,1-3H3/t6-,7+,8+/m0/s1. The smallest absolute Gasteiger partial charge is 0.314 e. The van der Waals surface area contributed by atoms with Crippen LogP contribution in [-0.2, 0) is 23.8 Å². The summed E-state index contributed by atoms with van der Waals surface area (Å²) in [7, 11) is 1.19. The Labute approximate surface area is 104 Å². The Bertz CT molecular complexity index is 378. The summed E-state index contributed by atoms with van der Waals surface area (Å²) < 4.78 is 15.3. The number of methoxy groups -OCH3 is 1. The van der Waals surface area contributed by atoms with Gasteiger partial charge in [0.25, 0.3) is 0 Å². The Morgan fingerprint density at radius 2 is 2.28 bits per heavy atom. The molecular formula is C10H15N3O5. The topological polar surface area (TPSA) is 111 Å². The van der Waals surface area contributed by atoms with E-state index >= 15 is 0 Å². The maximum absolute atomic E-state index is 11.4. The lowest BCUT2D eigenvalue weighted by Gasteiger charge is -2.18. The molecule has 3 atom stereocenters. The zero-order chi connectivity index (χ0) is 13.8. The largest absolute Gasteiger partial charge is 0.469 e. The molecular weight excluding hydrogens is 242 g/mol. The summed E-state index contributed by atoms with van der Waals surface area (Å²) in [5.41, 5.74) is 8.39. The molecule has 1 aliphatic heterocycles. The van der Waals surface area contributed by atoms with Crippen molar-refractivity contribution >= 4 is 12.3 Å². The van der Waals surface area contributed by atoms with E-state index in [1.54, 1.807) is 13.8 Å². The predicted molar refractivity (Wildman–Crippen MR) is 59.5 cm³/mol. The fourth-order valence-electron chi connectivity index (χ4n) is 1.77. The van der Waals surface area contributed by atoms with Gasteiger partial charge in [-0.05, 0) is 25.8 Å². The first-order valence-electron chi connectivity index (χ1n) is 5.36. The zero-order valence-corrected chi connectivity index (χ0v) is 10.4. The van der Waals surface area contributed by atoms with E-state index < -0.39 is 30.0 Å². The molecule has 0 spiro atoms. The van der Waals surface area contributed by atoms with Crippen molar-refractivity contribution in [1.29, 1.82) is 0 Å². The number of hydrogen-bond donors (Lipinski definition) is 0. The second kappa shape index (κ2) is 5.81. The molecule has 0 aromatic rings. The van der Waals surface area contributed by atoms with Gasteiger partial charge in [-0.25, -0.2) is 0 Å². The highest BCUT2D eigenvalue weighted by Gasteiger charge is 2.42. The Balaban J connectivity index is 2.77. The molecule has 0 saturated carbocycles. The third-order valence-corrected chi connectivity index (χ3v) is 2.48. The van der Waals surface area contributed by atoms with Crippen LogP contribution in [0.3, 0.4) is 0 Å². The zero-order valence-electron chi connectivity index (χ0n) is 10.4. The number of aldehydes is 1. The molecule has 0 amide bonds. The average Bonchev–Trinajstić information content (AvgIpc) is 2.62. The van der Waals surface area contributed by atoms with Crippen LogP contribution in [0, 0.1) is 0 Å². The lowest BCUT2D eigenvalue weighted by atomic mass is 10.1. The maximum atomic E-state index is 11.4. The number of nitrogens with zero attached hydrogens (tertiary/aromatic N) is 3. The molecule has 1 saturated heterocycles. The fraction of sp³-hybridized carbons (Fsp3) is 0.800. The van der Waals surface area contributed by atoms with Gasteiger partial charge in [-0.1, -0.05) is 5.11 Å². The van der Waals surface area contributed by atoms with Gasteiger partial charge >= 0.3 is 5.97 Å². The number of carbonyl (C=O) groups is 2. The van der Waals surface area contributed by atoms with Crippen molar-refractivity contribution < 1.29 is 23.8 Å². The van der Waals surface area contributed by atoms with Gasteiger partial charge in [-0.3, -0.25) is 4.79 Å². The lowest BCUT2D eigenvalue weighted by molar-refractivity contribution is -0.152. The van der Waals surface area contributed by atoms with Crippen molar-refractivity contribution in [2.45, 2.75) is 44.3 Å². The molecule has 1 heterocycles. The minimum Gasteiger partial charge on any atom is -0.469 e. The molecule has 1 aliphatic rings. The number of azide groups is 1. The second-order valence-electron chi connectivity index (χ2n) is 4.25. The monoisotopic (exact) mass is 257 g/mol. The van der Waals surface area contributed by atoms with Crippen LogP contribution >= 0.6 is 0 Å². The summed E-state index contributed by atoms with van der Waals surface area (Å²) in [6, 6.07) is -1.04. The number of esters is 1. The molecule has 1 rings (SSSR count). The van der Waals surface area contributed by atoms with Crippen molar-refractivity contribution in [1.82, 2.24) is 0 Å². The molecule has 0 N–H and O–H groups in total. The van der Waals surface area contributed by atoms with Gasteiger partial charge in [-0.15, -0.1) is 0 Å². The SMILES string of the molecule is COC(=O)[C@H](C[C@H]1OC(C)(C)O[C@@H]1C=O)N=[N+]=[N-]. The molecule has 0 radical (unpaired) electrons. The first kappa shape index (κ1) is 14.4. The van der Waals surface area contributed by atoms with Crippen LogP contribution in [0.25, 0.3) is 10.4 Å². The van der Waals surface area contributed by atoms with Crippen molar-refractivity contribution in [3.05, 3.63) is 10.4 Å². The molecule has 0 aromatic carbocycles. The Hall–Kier alpha value is -1.63. The second-order valence-corrected chi connectivity index (χ2v) is 4.25. The highest BCUT2D eigenvalue weighted by Crippen LogP contribution is 2.30. The van der Waals surface area contributed by atoms with Crippen LogP contribution in [0.15, 0.2) is 5.11 Å². The van der Waals surface area contributed by atoms with Crippen LogP contribution < -0.4 is 0 Å². The van der Waals surface area contributed by atoms with Crippen LogP contribution in [0.2, 0.25) is 0 Å². The number of rotatable bonds is 5. The number of ether oxygens (including phenoxy) is 3. The number of hydrogen-bond acceptors (Lipinski definition) is 6. The van der Waals surface area contributed by atoms with E-state index in [0.29, 0.717) is 6.29 Å². The van der Waals surface area contributed by atoms with Crippen molar-refractivity contribution in [2.24, 2.45) is 5.11 Å². The van der Waals surface area contributed by atoms with Gasteiger partial charge in [0.15, 0.2) is 12.1 Å². The summed E-state index contributed by atoms with van der Waals surface area (Å²) >= 11 is 0. The van der Waals surface area contributed by atoms with Crippen molar-refractivity contribution in [3.8, 4) is 0 Å². The predicted octanol–water partition coefficient (Wildman–Crippen LogP) is 0.947. The van der Waals surface area contributed by atoms with Crippen LogP contribution in [0.1, 0.15) is 20.3 Å². The van der Waals surface area contributed by atoms with Gasteiger partial charge in [0.05, 0.1) is 13.2 Å². The molecule has 0 aliphatic carbocycles. The van der Waals surface area contributed by atoms with E-state index in [0.717, 1.165) is 0 Å². The van der Waals surface area contributed by atoms with E-state index in [4.69, 9.17) is 15.0 Å². The van der Waals surface area contributed by atoms with E-state index in [1.165, 1.54) is 7.11 Å². The first-order valence-corrected chi connectivity index (χ1v) is 5.36. The van der Waals surface area contributed by atoms with Crippen molar-refractivity contribution in [2.75, 3.05) is 7.11 Å². The molecule has 0 bridgehead atoms. The quantitative estimate of drug-likeness (QED) is 0.239. The van der Waals surface area contributed by atoms with E-state index in [-0.39, 0.29) is 6.42 Å². The molecule has 1 fully saturated rings. The summed E-state index contributed by atoms with van der Waals surface area (Å²) in [5.74, 6) is -1.58. The Morgan fingerprint density at radius 1 is 1.61 bits per heavy atom. The highest BCUT2D eigenvalue weighted by atomic mass is 16.8. The van der Waals surface area contributed by atoms with Gasteiger partial charge in [0.2, 0.25) is 0 Å². The summed E-state index contributed by atoms with van der Waals surface area (Å²) in [6.07, 6.45) is -0.805. The average molecular weight is 257 g/mol. The third kappa shape index (κ3) is 3.43. The highest BCUT2D eigenvalue weighted by molar-refractivity contribution is 5.76. The third-order valence-electron chi connectivity index (χ3n) is 2.48. The Kier molecular flexibility index (Phi) is 4.66. The van der Waals surface area contributed by atoms with E-state index in [9.17, 15) is 9.59 Å². The normalized spacial score (nSPS) is 27.1. The fourth-order valence-corrected chi connectivity index (χ4v) is 1.77. The van der Waals surface area contributed by atoms with Gasteiger partial charge < -0.3 is 19.0 Å². The molecule has 100 valence electrons. The number of carbonyl (C=O) groups excluding carboxylic acids is 2. The Morgan fingerprint density at radius 3 is 2.78 bits per heavy atom. The van der Waals surface area contributed by atoms with Crippen LogP contribution in [-0.4, -0.2) is 43.4 Å². The van der Waals surface area contributed by atoms with Crippen LogP contribution in [0.5, 0.6) is 0 Å². The lowest BCUT2D eigenvalue weighted by Crippen LogP contribution is -2.32. The molecule has 18 heavy (non-hydrogen) atoms. The summed E-state index contributed by atoms with van der Waals surface area (Å²) in [6.45, 7) is 3.31. The first-order chi connectivity index (χ1) is 8.43. The van der Waals surface area contributed by atoms with Crippen molar-refractivity contribution in [3.63, 3.8) is 0 Å². The molecule has 0 aromatic heterocycles. The van der Waals surface area contributed by atoms with Gasteiger partial charge in [0.1, 0.15) is 12.1 Å². The summed E-state index contributed by atoms with van der Waals surface area (Å²) in [4.78, 5) is 24.8. The summed E-state index contributed by atoms with van der Waals surface area (Å²) in [5, 5.41) is 3.33. The minimum atomic E-state index is -1.04. The minimum absolute atomic E-state index is 0.0313. The molecule has 8 heteroatoms. The van der Waals surface area contributed by atoms with Gasteiger partial charge in [-0.2, -0.15) is 0 Å². The maximum Gasteiger partial charge on any atom is 0.314 e. The van der Waals surface area contributed by atoms with Gasteiger partial charge in [0, 0.05) is 4.91 Å². The van der Waals surface area contributed by atoms with Crippen LogP contribution in [0.4, 0.5) is 0 Å². The van der Waals surface area contributed by atoms with E-state index in [1.807, 2.05) is 0 Å². The molecule has 0 unspecified atom stereocenters. The van der Waals surface area contributed by atoms with E-state index in [2.05, 4.69) is 14.8 Å².